The molecule has 0 aromatic carbocycles. The summed E-state index contributed by atoms with van der Waals surface area (Å²) in [4.78, 5) is 10.6. The summed E-state index contributed by atoms with van der Waals surface area (Å²) in [5.41, 5.74) is 0. The number of aliphatic hydroxyl groups is 3. The molecule has 2 unspecified atom stereocenters. The van der Waals surface area contributed by atoms with E-state index in [1.807, 2.05) is 6.08 Å². The Bertz CT molecular complexity index is 356. The van der Waals surface area contributed by atoms with Crippen LogP contribution >= 0.6 is 0 Å². The maximum absolute atomic E-state index is 10.6. The normalized spacial score (nSPS) is 15.2. The molecule has 0 aliphatic rings. The van der Waals surface area contributed by atoms with Gasteiger partial charge in [0, 0.05) is 6.42 Å². The number of aliphatic hydroxyl groups excluding tert-OH is 3. The van der Waals surface area contributed by atoms with E-state index in [0.29, 0.717) is 19.3 Å². The molecule has 0 aromatic rings. The molecule has 26 heavy (non-hydrogen) atoms. The zero-order valence-corrected chi connectivity index (χ0v) is 16.5. The van der Waals surface area contributed by atoms with Crippen molar-refractivity contribution >= 4 is 5.97 Å². The fourth-order valence-electron chi connectivity index (χ4n) is 3.18. The van der Waals surface area contributed by atoms with Gasteiger partial charge in [0.1, 0.15) is 0 Å². The molecular formula is C21H40O5. The van der Waals surface area contributed by atoms with Crippen molar-refractivity contribution in [2.24, 2.45) is 5.92 Å². The second-order valence-electron chi connectivity index (χ2n) is 7.37. The van der Waals surface area contributed by atoms with Crippen LogP contribution in [0, 0.1) is 5.92 Å². The molecule has 0 fully saturated rings. The first kappa shape index (κ1) is 25.1. The van der Waals surface area contributed by atoms with Crippen molar-refractivity contribution in [3.05, 3.63) is 12.2 Å². The van der Waals surface area contributed by atoms with Crippen LogP contribution in [-0.2, 0) is 4.79 Å². The Morgan fingerprint density at radius 2 is 1.65 bits per heavy atom. The number of allylic oxidation sites excluding steroid dienone is 1. The molecule has 0 radical (unpaired) electrons. The molecule has 0 amide bonds. The summed E-state index contributed by atoms with van der Waals surface area (Å²) in [7, 11) is 0. The van der Waals surface area contributed by atoms with Gasteiger partial charge in [-0.15, -0.1) is 0 Å². The van der Waals surface area contributed by atoms with Crippen LogP contribution in [0.15, 0.2) is 12.2 Å². The van der Waals surface area contributed by atoms with Gasteiger partial charge >= 0.3 is 5.97 Å². The number of hydrogen-bond donors (Lipinski definition) is 4. The van der Waals surface area contributed by atoms with Gasteiger partial charge in [-0.25, -0.2) is 0 Å². The summed E-state index contributed by atoms with van der Waals surface area (Å²) >= 11 is 0. The second kappa shape index (κ2) is 17.5. The van der Waals surface area contributed by atoms with Crippen molar-refractivity contribution in [3.8, 4) is 0 Å². The van der Waals surface area contributed by atoms with Gasteiger partial charge in [-0.1, -0.05) is 57.6 Å². The maximum atomic E-state index is 10.6. The Hall–Kier alpha value is -0.910. The lowest BCUT2D eigenvalue weighted by Gasteiger charge is -2.18. The maximum Gasteiger partial charge on any atom is 0.303 e. The largest absolute Gasteiger partial charge is 0.481 e. The lowest BCUT2D eigenvalue weighted by molar-refractivity contribution is -0.137. The summed E-state index contributed by atoms with van der Waals surface area (Å²) in [5, 5.41) is 37.3. The van der Waals surface area contributed by atoms with Gasteiger partial charge in [-0.2, -0.15) is 0 Å². The van der Waals surface area contributed by atoms with Gasteiger partial charge < -0.3 is 20.4 Å². The third kappa shape index (κ3) is 16.6. The second-order valence-corrected chi connectivity index (χ2v) is 7.37. The van der Waals surface area contributed by atoms with Crippen LogP contribution < -0.4 is 0 Å². The molecule has 0 aliphatic carbocycles. The van der Waals surface area contributed by atoms with Crippen LogP contribution in [0.2, 0.25) is 0 Å². The first-order valence-corrected chi connectivity index (χ1v) is 10.3. The zero-order chi connectivity index (χ0) is 19.6. The van der Waals surface area contributed by atoms with Gasteiger partial charge in [0.15, 0.2) is 0 Å². The molecular weight excluding hydrogens is 332 g/mol. The lowest BCUT2D eigenvalue weighted by Crippen LogP contribution is -2.17. The van der Waals surface area contributed by atoms with Crippen molar-refractivity contribution in [1.82, 2.24) is 0 Å². The van der Waals surface area contributed by atoms with E-state index < -0.39 is 12.1 Å². The fourth-order valence-corrected chi connectivity index (χ4v) is 3.18. The van der Waals surface area contributed by atoms with Crippen LogP contribution in [-0.4, -0.2) is 45.2 Å². The average molecular weight is 373 g/mol. The van der Waals surface area contributed by atoms with Crippen LogP contribution in [0.5, 0.6) is 0 Å². The van der Waals surface area contributed by atoms with E-state index in [4.69, 9.17) is 10.2 Å². The van der Waals surface area contributed by atoms with Crippen molar-refractivity contribution in [2.45, 2.75) is 103 Å². The van der Waals surface area contributed by atoms with Crippen molar-refractivity contribution in [3.63, 3.8) is 0 Å². The number of rotatable bonds is 18. The van der Waals surface area contributed by atoms with E-state index in [0.717, 1.165) is 38.5 Å². The van der Waals surface area contributed by atoms with E-state index in [-0.39, 0.29) is 25.0 Å². The van der Waals surface area contributed by atoms with Crippen LogP contribution in [0.3, 0.4) is 0 Å². The molecule has 0 saturated heterocycles. The molecule has 154 valence electrons. The highest BCUT2D eigenvalue weighted by Gasteiger charge is 2.13. The summed E-state index contributed by atoms with van der Waals surface area (Å²) in [6.45, 7) is 1.95. The smallest absolute Gasteiger partial charge is 0.303 e. The van der Waals surface area contributed by atoms with Gasteiger partial charge in [0.05, 0.1) is 18.8 Å². The van der Waals surface area contributed by atoms with Crippen LogP contribution in [0.1, 0.15) is 90.4 Å². The molecule has 0 saturated carbocycles. The first-order chi connectivity index (χ1) is 12.5. The molecule has 4 N–H and O–H groups in total. The molecule has 5 nitrogen and oxygen atoms in total. The van der Waals surface area contributed by atoms with Crippen LogP contribution in [0.4, 0.5) is 0 Å². The Morgan fingerprint density at radius 1 is 0.923 bits per heavy atom. The highest BCUT2D eigenvalue weighted by Crippen LogP contribution is 2.21. The quantitative estimate of drug-likeness (QED) is 0.215. The van der Waals surface area contributed by atoms with E-state index >= 15 is 0 Å². The average Bonchev–Trinajstić information content (AvgIpc) is 2.61. The third-order valence-corrected chi connectivity index (χ3v) is 4.78. The molecule has 0 rings (SSSR count). The minimum Gasteiger partial charge on any atom is -0.481 e. The Kier molecular flexibility index (Phi) is 16.9. The van der Waals surface area contributed by atoms with E-state index in [2.05, 4.69) is 13.0 Å². The van der Waals surface area contributed by atoms with Gasteiger partial charge in [0.2, 0.25) is 0 Å². The third-order valence-electron chi connectivity index (χ3n) is 4.78. The molecule has 0 spiro atoms. The monoisotopic (exact) mass is 372 g/mol. The zero-order valence-electron chi connectivity index (χ0n) is 16.5. The summed E-state index contributed by atoms with van der Waals surface area (Å²) < 4.78 is 0. The predicted octanol–water partition coefficient (Wildman–Crippen LogP) is 4.05. The molecule has 5 heteroatoms. The Labute approximate surface area is 159 Å². The standard InChI is InChI=1S/C21H40O5/c1-2-3-4-7-13-19(23)14-8-5-6-11-18(16-20(24)17-22)12-9-10-15-21(25)26/h5,8,18-20,22-24H,2-4,6-7,9-17H2,1H3,(H,25,26)/b8-5-/t18?,19-,20?/m1/s1. The summed E-state index contributed by atoms with van der Waals surface area (Å²) in [5.74, 6) is -0.484. The molecule has 0 heterocycles. The van der Waals surface area contributed by atoms with E-state index in [1.54, 1.807) is 0 Å². The number of hydrogen-bond acceptors (Lipinski definition) is 4. The molecule has 0 aliphatic heterocycles. The van der Waals surface area contributed by atoms with E-state index in [9.17, 15) is 15.0 Å². The minimum atomic E-state index is -0.770. The van der Waals surface area contributed by atoms with Gasteiger partial charge in [-0.05, 0) is 44.4 Å². The van der Waals surface area contributed by atoms with E-state index in [1.165, 1.54) is 19.3 Å². The predicted molar refractivity (Wildman–Crippen MR) is 105 cm³/mol. The highest BCUT2D eigenvalue weighted by atomic mass is 16.4. The van der Waals surface area contributed by atoms with Crippen molar-refractivity contribution in [2.75, 3.05) is 6.61 Å². The first-order valence-electron chi connectivity index (χ1n) is 10.3. The SMILES string of the molecule is CCCCCC[C@@H](O)C/C=C\CCC(CCCCC(=O)O)CC(O)CO. The number of aliphatic carboxylic acids is 1. The topological polar surface area (TPSA) is 98.0 Å². The molecule has 0 aromatic heterocycles. The minimum absolute atomic E-state index is 0.186. The summed E-state index contributed by atoms with van der Waals surface area (Å²) in [6.07, 6.45) is 14.3. The van der Waals surface area contributed by atoms with Crippen molar-refractivity contribution < 1.29 is 25.2 Å². The van der Waals surface area contributed by atoms with Crippen LogP contribution in [0.25, 0.3) is 0 Å². The number of carboxylic acid groups (broad SMARTS) is 1. The lowest BCUT2D eigenvalue weighted by atomic mass is 9.90. The number of carbonyl (C=O) groups is 1. The highest BCUT2D eigenvalue weighted by molar-refractivity contribution is 5.66. The Balaban J connectivity index is 3.99. The van der Waals surface area contributed by atoms with Crippen molar-refractivity contribution in [1.29, 1.82) is 0 Å². The van der Waals surface area contributed by atoms with Gasteiger partial charge in [0.25, 0.3) is 0 Å². The number of unbranched alkanes of at least 4 members (excludes halogenated alkanes) is 4. The Morgan fingerprint density at radius 3 is 2.31 bits per heavy atom. The molecule has 0 bridgehead atoms. The number of carboxylic acids is 1. The molecule has 3 atom stereocenters. The fraction of sp³-hybridized carbons (Fsp3) is 0.857. The summed E-state index contributed by atoms with van der Waals surface area (Å²) in [6, 6.07) is 0. The van der Waals surface area contributed by atoms with Gasteiger partial charge in [-0.3, -0.25) is 4.79 Å².